The Kier molecular flexibility index (Phi) is 4.59. The normalized spacial score (nSPS) is 16.8. The van der Waals surface area contributed by atoms with Gasteiger partial charge in [0.15, 0.2) is 0 Å². The van der Waals surface area contributed by atoms with Gasteiger partial charge in [-0.25, -0.2) is 8.42 Å². The van der Waals surface area contributed by atoms with Crippen LogP contribution < -0.4 is 5.32 Å². The number of hydrogen-bond donors (Lipinski definition) is 1. The number of benzene rings is 1. The number of hydrogen-bond acceptors (Lipinski definition) is 4. The van der Waals surface area contributed by atoms with Gasteiger partial charge < -0.3 is 5.32 Å². The van der Waals surface area contributed by atoms with Crippen LogP contribution in [0.3, 0.4) is 0 Å². The van der Waals surface area contributed by atoms with Crippen LogP contribution in [-0.2, 0) is 10.0 Å². The average molecular weight is 314 g/mol. The van der Waals surface area contributed by atoms with Gasteiger partial charge in [0, 0.05) is 37.8 Å². The first kappa shape index (κ1) is 15.2. The number of rotatable bonds is 2. The van der Waals surface area contributed by atoms with Gasteiger partial charge in [-0.3, -0.25) is 4.98 Å². The van der Waals surface area contributed by atoms with Gasteiger partial charge in [-0.15, -0.1) is 12.4 Å². The van der Waals surface area contributed by atoms with Crippen molar-refractivity contribution in [1.29, 1.82) is 0 Å². The standard InChI is InChI=1S/C13H15N3O2S.ClH/c17-19(18,16-9-7-14-8-10-16)12-5-1-3-11-4-2-6-15-13(11)12;/h1-6,14H,7-10H2;1H. The molecule has 0 spiro atoms. The highest BCUT2D eigenvalue weighted by Gasteiger charge is 2.27. The summed E-state index contributed by atoms with van der Waals surface area (Å²) in [4.78, 5) is 4.52. The molecule has 0 unspecified atom stereocenters. The molecule has 1 N–H and O–H groups in total. The number of piperazine rings is 1. The molecule has 0 atom stereocenters. The summed E-state index contributed by atoms with van der Waals surface area (Å²) < 4.78 is 26.8. The van der Waals surface area contributed by atoms with Crippen LogP contribution in [0.1, 0.15) is 0 Å². The molecule has 0 radical (unpaired) electrons. The Hall–Kier alpha value is -1.21. The van der Waals surface area contributed by atoms with E-state index in [2.05, 4.69) is 10.3 Å². The summed E-state index contributed by atoms with van der Waals surface area (Å²) in [7, 11) is -3.46. The molecule has 1 aromatic carbocycles. The maximum absolute atomic E-state index is 12.7. The van der Waals surface area contributed by atoms with Gasteiger partial charge in [-0.05, 0) is 12.1 Å². The monoisotopic (exact) mass is 313 g/mol. The quantitative estimate of drug-likeness (QED) is 0.906. The lowest BCUT2D eigenvalue weighted by Crippen LogP contribution is -2.46. The highest BCUT2D eigenvalue weighted by molar-refractivity contribution is 7.89. The summed E-state index contributed by atoms with van der Waals surface area (Å²) in [5, 5.41) is 4.00. The summed E-state index contributed by atoms with van der Waals surface area (Å²) in [6.45, 7) is 2.39. The summed E-state index contributed by atoms with van der Waals surface area (Å²) >= 11 is 0. The lowest BCUT2D eigenvalue weighted by molar-refractivity contribution is 0.360. The first-order valence-electron chi connectivity index (χ1n) is 6.24. The molecule has 0 amide bonds. The van der Waals surface area contributed by atoms with E-state index in [0.717, 1.165) is 5.39 Å². The van der Waals surface area contributed by atoms with Gasteiger partial charge in [0.1, 0.15) is 4.90 Å². The molecule has 2 aromatic rings. The molecule has 0 aliphatic carbocycles. The number of halogens is 1. The molecular weight excluding hydrogens is 298 g/mol. The fourth-order valence-electron chi connectivity index (χ4n) is 2.31. The molecule has 1 fully saturated rings. The summed E-state index contributed by atoms with van der Waals surface area (Å²) in [5.74, 6) is 0. The van der Waals surface area contributed by atoms with Crippen molar-refractivity contribution in [1.82, 2.24) is 14.6 Å². The third-order valence-electron chi connectivity index (χ3n) is 3.29. The van der Waals surface area contributed by atoms with E-state index in [-0.39, 0.29) is 12.4 Å². The molecule has 108 valence electrons. The zero-order valence-corrected chi connectivity index (χ0v) is 12.5. The van der Waals surface area contributed by atoms with Gasteiger partial charge in [-0.1, -0.05) is 18.2 Å². The molecule has 0 bridgehead atoms. The number of nitrogens with one attached hydrogen (secondary N) is 1. The molecule has 3 rings (SSSR count). The van der Waals surface area contributed by atoms with E-state index in [1.54, 1.807) is 18.3 Å². The number of aromatic nitrogens is 1. The van der Waals surface area contributed by atoms with Crippen LogP contribution in [0.25, 0.3) is 10.9 Å². The Morgan fingerprint density at radius 1 is 1.10 bits per heavy atom. The third kappa shape index (κ3) is 2.64. The van der Waals surface area contributed by atoms with E-state index in [1.165, 1.54) is 4.31 Å². The Bertz CT molecular complexity index is 694. The van der Waals surface area contributed by atoms with Gasteiger partial charge in [0.05, 0.1) is 5.52 Å². The van der Waals surface area contributed by atoms with Crippen LogP contribution in [0, 0.1) is 0 Å². The van der Waals surface area contributed by atoms with Crippen LogP contribution in [0.2, 0.25) is 0 Å². The lowest BCUT2D eigenvalue weighted by atomic mass is 10.2. The minimum Gasteiger partial charge on any atom is -0.314 e. The molecule has 1 aromatic heterocycles. The van der Waals surface area contributed by atoms with Crippen LogP contribution >= 0.6 is 12.4 Å². The molecular formula is C13H16ClN3O2S. The van der Waals surface area contributed by atoms with Crippen molar-refractivity contribution in [2.24, 2.45) is 0 Å². The maximum atomic E-state index is 12.7. The van der Waals surface area contributed by atoms with Gasteiger partial charge in [0.2, 0.25) is 10.0 Å². The number of fused-ring (bicyclic) bond motifs is 1. The largest absolute Gasteiger partial charge is 0.314 e. The number of sulfonamides is 1. The van der Waals surface area contributed by atoms with E-state index in [1.807, 2.05) is 18.2 Å². The van der Waals surface area contributed by atoms with Crippen molar-refractivity contribution >= 4 is 33.3 Å². The fraction of sp³-hybridized carbons (Fsp3) is 0.308. The second-order valence-electron chi connectivity index (χ2n) is 4.49. The number of pyridine rings is 1. The van der Waals surface area contributed by atoms with Crippen LogP contribution in [-0.4, -0.2) is 43.9 Å². The van der Waals surface area contributed by atoms with Crippen molar-refractivity contribution in [2.45, 2.75) is 4.90 Å². The Morgan fingerprint density at radius 2 is 1.80 bits per heavy atom. The highest BCUT2D eigenvalue weighted by Crippen LogP contribution is 2.23. The summed E-state index contributed by atoms with van der Waals surface area (Å²) in [6, 6.07) is 8.95. The van der Waals surface area contributed by atoms with Crippen molar-refractivity contribution in [2.75, 3.05) is 26.2 Å². The molecule has 1 aliphatic heterocycles. The Balaban J connectivity index is 0.00000147. The Labute approximate surface area is 124 Å². The minimum absolute atomic E-state index is 0. The van der Waals surface area contributed by atoms with Crippen LogP contribution in [0.5, 0.6) is 0 Å². The SMILES string of the molecule is Cl.O=S(=O)(c1cccc2cccnc12)N1CCNCC1. The predicted octanol–water partition coefficient (Wildman–Crippen LogP) is 1.25. The summed E-state index contributed by atoms with van der Waals surface area (Å²) in [6.07, 6.45) is 1.62. The molecule has 7 heteroatoms. The Morgan fingerprint density at radius 3 is 2.55 bits per heavy atom. The van der Waals surface area contributed by atoms with Crippen molar-refractivity contribution in [3.63, 3.8) is 0 Å². The first-order chi connectivity index (χ1) is 9.19. The lowest BCUT2D eigenvalue weighted by Gasteiger charge is -2.26. The van der Waals surface area contributed by atoms with Gasteiger partial charge in [0.25, 0.3) is 0 Å². The van der Waals surface area contributed by atoms with Crippen molar-refractivity contribution in [3.05, 3.63) is 36.5 Å². The maximum Gasteiger partial charge on any atom is 0.245 e. The van der Waals surface area contributed by atoms with E-state index in [9.17, 15) is 8.42 Å². The highest BCUT2D eigenvalue weighted by atomic mass is 35.5. The molecule has 1 aliphatic rings. The molecule has 20 heavy (non-hydrogen) atoms. The van der Waals surface area contributed by atoms with Crippen molar-refractivity contribution < 1.29 is 8.42 Å². The zero-order chi connectivity index (χ0) is 13.3. The smallest absolute Gasteiger partial charge is 0.245 e. The van der Waals surface area contributed by atoms with Crippen LogP contribution in [0.15, 0.2) is 41.4 Å². The first-order valence-corrected chi connectivity index (χ1v) is 7.68. The second kappa shape index (κ2) is 6.05. The van der Waals surface area contributed by atoms with Gasteiger partial charge in [-0.2, -0.15) is 4.31 Å². The van der Waals surface area contributed by atoms with E-state index >= 15 is 0 Å². The minimum atomic E-state index is -3.46. The second-order valence-corrected chi connectivity index (χ2v) is 6.39. The van der Waals surface area contributed by atoms with Crippen molar-refractivity contribution in [3.8, 4) is 0 Å². The number of nitrogens with zero attached hydrogens (tertiary/aromatic N) is 2. The summed E-state index contributed by atoms with van der Waals surface area (Å²) in [5.41, 5.74) is 0.545. The molecule has 5 nitrogen and oxygen atoms in total. The van der Waals surface area contributed by atoms with Crippen LogP contribution in [0.4, 0.5) is 0 Å². The predicted molar refractivity (Wildman–Crippen MR) is 80.6 cm³/mol. The molecule has 1 saturated heterocycles. The third-order valence-corrected chi connectivity index (χ3v) is 5.22. The van der Waals surface area contributed by atoms with E-state index in [0.29, 0.717) is 36.6 Å². The van der Waals surface area contributed by atoms with Gasteiger partial charge >= 0.3 is 0 Å². The van der Waals surface area contributed by atoms with E-state index < -0.39 is 10.0 Å². The molecule has 0 saturated carbocycles. The van der Waals surface area contributed by atoms with E-state index in [4.69, 9.17) is 0 Å². The zero-order valence-electron chi connectivity index (χ0n) is 10.8. The topological polar surface area (TPSA) is 62.3 Å². The molecule has 2 heterocycles. The number of para-hydroxylation sites is 1. The fourth-order valence-corrected chi connectivity index (χ4v) is 3.92. The average Bonchev–Trinajstić information content (AvgIpc) is 2.47.